The van der Waals surface area contributed by atoms with Crippen LogP contribution in [0.1, 0.15) is 17.9 Å². The molecular weight excluding hydrogens is 311 g/mol. The van der Waals surface area contributed by atoms with Crippen LogP contribution in [0.4, 0.5) is 0 Å². The van der Waals surface area contributed by atoms with Crippen molar-refractivity contribution in [2.45, 2.75) is 22.1 Å². The quantitative estimate of drug-likeness (QED) is 0.459. The van der Waals surface area contributed by atoms with E-state index in [0.717, 1.165) is 16.3 Å². The van der Waals surface area contributed by atoms with Gasteiger partial charge in [0.25, 0.3) is 0 Å². The molecule has 0 radical (unpaired) electrons. The summed E-state index contributed by atoms with van der Waals surface area (Å²) in [5.41, 5.74) is 0.895. The van der Waals surface area contributed by atoms with Gasteiger partial charge < -0.3 is 4.74 Å². The predicted molar refractivity (Wildman–Crippen MR) is 79.6 cm³/mol. The average Bonchev–Trinajstić information content (AvgIpc) is 2.61. The van der Waals surface area contributed by atoms with Crippen LogP contribution in [0.2, 0.25) is 0 Å². The van der Waals surface area contributed by atoms with E-state index in [1.54, 1.807) is 0 Å². The first-order valence-electron chi connectivity index (χ1n) is 6.60. The van der Waals surface area contributed by atoms with E-state index >= 15 is 0 Å². The van der Waals surface area contributed by atoms with Gasteiger partial charge in [0.1, 0.15) is 0 Å². The molecule has 0 spiro atoms. The van der Waals surface area contributed by atoms with Crippen molar-refractivity contribution in [2.24, 2.45) is 0 Å². The van der Waals surface area contributed by atoms with E-state index in [-0.39, 0.29) is 5.92 Å². The third-order valence-corrected chi connectivity index (χ3v) is 5.97. The van der Waals surface area contributed by atoms with Crippen LogP contribution in [0.15, 0.2) is 42.5 Å². The molecule has 2 aromatic carbocycles. The van der Waals surface area contributed by atoms with Crippen molar-refractivity contribution in [1.82, 2.24) is 0 Å². The van der Waals surface area contributed by atoms with Crippen LogP contribution in [0.25, 0.3) is 10.8 Å². The number of rotatable bonds is 1. The lowest BCUT2D eigenvalue weighted by Crippen LogP contribution is -2.63. The van der Waals surface area contributed by atoms with E-state index in [1.165, 1.54) is 0 Å². The Bertz CT molecular complexity index is 803. The Balaban J connectivity index is 1.81. The van der Waals surface area contributed by atoms with Gasteiger partial charge in [-0.1, -0.05) is 42.5 Å². The molecule has 0 unspecified atom stereocenters. The SMILES string of the molecule is O=C1OC(=O)[C@@]2(Cl)[C@@H](c3ccc4ccccc4c3)C[C@@]12Cl. The van der Waals surface area contributed by atoms with Crippen LogP contribution in [-0.2, 0) is 14.3 Å². The van der Waals surface area contributed by atoms with E-state index in [2.05, 4.69) is 4.74 Å². The van der Waals surface area contributed by atoms with Gasteiger partial charge in [-0.15, -0.1) is 23.2 Å². The highest BCUT2D eigenvalue weighted by molar-refractivity contribution is 6.53. The van der Waals surface area contributed by atoms with Crippen LogP contribution in [0.5, 0.6) is 0 Å². The number of hydrogen-bond donors (Lipinski definition) is 0. The molecule has 4 rings (SSSR count). The summed E-state index contributed by atoms with van der Waals surface area (Å²) in [5.74, 6) is -1.80. The summed E-state index contributed by atoms with van der Waals surface area (Å²) in [6.07, 6.45) is 0.307. The van der Waals surface area contributed by atoms with Crippen molar-refractivity contribution in [3.8, 4) is 0 Å². The first kappa shape index (κ1) is 13.1. The molecular formula is C16H10Cl2O3. The van der Waals surface area contributed by atoms with E-state index in [0.29, 0.717) is 6.42 Å². The summed E-state index contributed by atoms with van der Waals surface area (Å²) in [4.78, 5) is 20.7. The average molecular weight is 321 g/mol. The Hall–Kier alpha value is -1.58. The molecule has 1 heterocycles. The van der Waals surface area contributed by atoms with Gasteiger partial charge in [-0.25, -0.2) is 9.59 Å². The van der Waals surface area contributed by atoms with Gasteiger partial charge in [0, 0.05) is 5.92 Å². The summed E-state index contributed by atoms with van der Waals surface area (Å²) < 4.78 is 4.65. The molecule has 2 aliphatic rings. The second-order valence-corrected chi connectivity index (χ2v) is 6.79. The van der Waals surface area contributed by atoms with Gasteiger partial charge >= 0.3 is 11.9 Å². The number of hydrogen-bond acceptors (Lipinski definition) is 3. The van der Waals surface area contributed by atoms with Crippen molar-refractivity contribution in [3.05, 3.63) is 48.0 Å². The molecule has 21 heavy (non-hydrogen) atoms. The number of alkyl halides is 2. The second-order valence-electron chi connectivity index (χ2n) is 5.55. The normalized spacial score (nSPS) is 34.5. The van der Waals surface area contributed by atoms with Crippen molar-refractivity contribution < 1.29 is 14.3 Å². The number of ether oxygens (including phenoxy) is 1. The first-order valence-corrected chi connectivity index (χ1v) is 7.35. The highest BCUT2D eigenvalue weighted by Crippen LogP contribution is 2.64. The Kier molecular flexibility index (Phi) is 2.49. The smallest absolute Gasteiger partial charge is 0.338 e. The maximum absolute atomic E-state index is 12.0. The number of esters is 2. The zero-order valence-electron chi connectivity index (χ0n) is 10.8. The van der Waals surface area contributed by atoms with Crippen LogP contribution in [-0.4, -0.2) is 21.7 Å². The van der Waals surface area contributed by atoms with Crippen LogP contribution >= 0.6 is 23.2 Å². The summed E-state index contributed by atoms with van der Waals surface area (Å²) >= 11 is 12.6. The molecule has 0 bridgehead atoms. The van der Waals surface area contributed by atoms with Crippen LogP contribution in [0.3, 0.4) is 0 Å². The highest BCUT2D eigenvalue weighted by Gasteiger charge is 2.79. The summed E-state index contributed by atoms with van der Waals surface area (Å²) in [7, 11) is 0. The Morgan fingerprint density at radius 2 is 1.71 bits per heavy atom. The van der Waals surface area contributed by atoms with E-state index in [1.807, 2.05) is 42.5 Å². The van der Waals surface area contributed by atoms with Gasteiger partial charge in [-0.2, -0.15) is 0 Å². The molecule has 2 fully saturated rings. The number of benzene rings is 2. The van der Waals surface area contributed by atoms with Crippen molar-refractivity contribution in [1.29, 1.82) is 0 Å². The molecule has 5 heteroatoms. The molecule has 1 saturated carbocycles. The number of cyclic esters (lactones) is 2. The maximum atomic E-state index is 12.0. The van der Waals surface area contributed by atoms with E-state index < -0.39 is 21.7 Å². The van der Waals surface area contributed by atoms with Crippen molar-refractivity contribution >= 4 is 45.9 Å². The van der Waals surface area contributed by atoms with Crippen molar-refractivity contribution in [3.63, 3.8) is 0 Å². The lowest BCUT2D eigenvalue weighted by atomic mass is 9.61. The second kappa shape index (κ2) is 3.99. The zero-order valence-corrected chi connectivity index (χ0v) is 12.3. The topological polar surface area (TPSA) is 43.4 Å². The molecule has 1 saturated heterocycles. The third-order valence-electron chi connectivity index (χ3n) is 4.52. The minimum absolute atomic E-state index is 0.307. The van der Waals surface area contributed by atoms with Crippen LogP contribution in [0, 0.1) is 0 Å². The lowest BCUT2D eigenvalue weighted by Gasteiger charge is -2.48. The lowest BCUT2D eigenvalue weighted by molar-refractivity contribution is -0.152. The number of fused-ring (bicyclic) bond motifs is 2. The largest absolute Gasteiger partial charge is 0.390 e. The molecule has 2 aromatic rings. The molecule has 106 valence electrons. The molecule has 0 aromatic heterocycles. The fraction of sp³-hybridized carbons (Fsp3) is 0.250. The van der Waals surface area contributed by atoms with Crippen LogP contribution < -0.4 is 0 Å². The number of carbonyl (C=O) groups excluding carboxylic acids is 2. The van der Waals surface area contributed by atoms with Crippen molar-refractivity contribution in [2.75, 3.05) is 0 Å². The minimum atomic E-state index is -1.49. The molecule has 1 aliphatic carbocycles. The fourth-order valence-corrected chi connectivity index (χ4v) is 4.06. The monoisotopic (exact) mass is 320 g/mol. The van der Waals surface area contributed by atoms with Gasteiger partial charge in [0.05, 0.1) is 0 Å². The Labute approximate surface area is 130 Å². The fourth-order valence-electron chi connectivity index (χ4n) is 3.26. The van der Waals surface area contributed by atoms with E-state index in [9.17, 15) is 9.59 Å². The molecule has 3 atom stereocenters. The van der Waals surface area contributed by atoms with E-state index in [4.69, 9.17) is 23.2 Å². The maximum Gasteiger partial charge on any atom is 0.338 e. The first-order chi connectivity index (χ1) is 9.97. The summed E-state index contributed by atoms with van der Waals surface area (Å²) in [6.45, 7) is 0. The standard InChI is InChI=1S/C16H10Cl2O3/c17-15-8-12(16(15,18)14(20)21-13(15)19)11-6-5-9-3-1-2-4-10(9)7-11/h1-7,12H,8H2/t12-,15-,16+/m1/s1. The molecule has 1 aliphatic heterocycles. The van der Waals surface area contributed by atoms with Gasteiger partial charge in [0.15, 0.2) is 9.75 Å². The predicted octanol–water partition coefficient (Wildman–Crippen LogP) is 3.37. The molecule has 3 nitrogen and oxygen atoms in total. The van der Waals surface area contributed by atoms with Gasteiger partial charge in [-0.05, 0) is 22.8 Å². The van der Waals surface area contributed by atoms with Gasteiger partial charge in [-0.3, -0.25) is 0 Å². The molecule has 0 amide bonds. The zero-order chi connectivity index (χ0) is 14.8. The Morgan fingerprint density at radius 1 is 1.00 bits per heavy atom. The number of carbonyl (C=O) groups is 2. The Morgan fingerprint density at radius 3 is 2.43 bits per heavy atom. The minimum Gasteiger partial charge on any atom is -0.390 e. The van der Waals surface area contributed by atoms with Gasteiger partial charge in [0.2, 0.25) is 0 Å². The number of halogens is 2. The highest BCUT2D eigenvalue weighted by atomic mass is 35.5. The third kappa shape index (κ3) is 1.46. The molecule has 0 N–H and O–H groups in total. The summed E-state index contributed by atoms with van der Waals surface area (Å²) in [6, 6.07) is 13.8. The summed E-state index contributed by atoms with van der Waals surface area (Å²) in [5, 5.41) is 2.16.